The second-order valence-electron chi connectivity index (χ2n) is 3.98. The molecule has 0 aromatic rings. The maximum atomic E-state index is 11.9. The third-order valence-corrected chi connectivity index (χ3v) is 3.06. The van der Waals surface area contributed by atoms with E-state index in [0.29, 0.717) is 24.9 Å². The summed E-state index contributed by atoms with van der Waals surface area (Å²) in [4.78, 5) is 1.43. The highest BCUT2D eigenvalue weighted by molar-refractivity contribution is 5.04. The van der Waals surface area contributed by atoms with E-state index in [1.807, 2.05) is 0 Å². The number of fused-ring (bicyclic) bond motifs is 1. The van der Waals surface area contributed by atoms with E-state index in [0.717, 1.165) is 0 Å². The molecule has 76 valence electrons. The molecular weight excluding hydrogens is 183 g/mol. The number of hydrogen-bond acceptors (Lipinski definition) is 2. The molecule has 1 N–H and O–H groups in total. The number of nitrogens with zero attached hydrogens (tertiary/aromatic N) is 1. The topological polar surface area (TPSA) is 23.5 Å². The van der Waals surface area contributed by atoms with Crippen LogP contribution in [0.15, 0.2) is 0 Å². The molecule has 2 nitrogen and oxygen atoms in total. The molecule has 0 aromatic carbocycles. The summed E-state index contributed by atoms with van der Waals surface area (Å²) in [5.74, 6) is 0.934. The maximum absolute atomic E-state index is 11.9. The Kier molecular flexibility index (Phi) is 2.03. The Bertz CT molecular complexity index is 194. The van der Waals surface area contributed by atoms with Gasteiger partial charge < -0.3 is 5.11 Å². The molecule has 0 aromatic heterocycles. The van der Waals surface area contributed by atoms with Crippen molar-refractivity contribution in [1.82, 2.24) is 4.90 Å². The molecule has 1 aliphatic heterocycles. The van der Waals surface area contributed by atoms with Crippen LogP contribution in [0, 0.1) is 17.8 Å². The van der Waals surface area contributed by atoms with Crippen LogP contribution in [0.3, 0.4) is 0 Å². The number of aliphatic hydroxyl groups excluding tert-OH is 1. The molecule has 2 rings (SSSR count). The van der Waals surface area contributed by atoms with Crippen molar-refractivity contribution in [3.05, 3.63) is 0 Å². The first kappa shape index (κ1) is 9.27. The molecule has 2 fully saturated rings. The van der Waals surface area contributed by atoms with Crippen LogP contribution >= 0.6 is 0 Å². The standard InChI is InChI=1S/C8H12F3NO/c9-8(10,11)4-12-1-5-6(2-12)7(5)3-13/h5-7,13H,1-4H2/t5-,6+,7?. The Morgan fingerprint density at radius 3 is 2.15 bits per heavy atom. The molecule has 13 heavy (non-hydrogen) atoms. The van der Waals surface area contributed by atoms with E-state index in [9.17, 15) is 13.2 Å². The van der Waals surface area contributed by atoms with Crippen LogP contribution in [-0.4, -0.2) is 42.4 Å². The lowest BCUT2D eigenvalue weighted by Gasteiger charge is -2.20. The van der Waals surface area contributed by atoms with Gasteiger partial charge in [-0.25, -0.2) is 0 Å². The third-order valence-electron chi connectivity index (χ3n) is 3.06. The van der Waals surface area contributed by atoms with Gasteiger partial charge in [-0.2, -0.15) is 13.2 Å². The number of piperidine rings is 1. The molecule has 3 atom stereocenters. The molecule has 0 bridgehead atoms. The Morgan fingerprint density at radius 2 is 1.77 bits per heavy atom. The van der Waals surface area contributed by atoms with Gasteiger partial charge in [0.25, 0.3) is 0 Å². The smallest absolute Gasteiger partial charge is 0.396 e. The number of halogens is 3. The maximum Gasteiger partial charge on any atom is 0.401 e. The second kappa shape index (κ2) is 2.85. The van der Waals surface area contributed by atoms with Crippen molar-refractivity contribution in [3.63, 3.8) is 0 Å². The van der Waals surface area contributed by atoms with Crippen LogP contribution in [0.25, 0.3) is 0 Å². The highest BCUT2D eigenvalue weighted by Gasteiger charge is 2.56. The summed E-state index contributed by atoms with van der Waals surface area (Å²) in [6.07, 6.45) is -4.08. The number of likely N-dealkylation sites (tertiary alicyclic amines) is 1. The fourth-order valence-electron chi connectivity index (χ4n) is 2.39. The second-order valence-corrected chi connectivity index (χ2v) is 3.98. The first-order valence-corrected chi connectivity index (χ1v) is 4.41. The largest absolute Gasteiger partial charge is 0.401 e. The van der Waals surface area contributed by atoms with E-state index in [1.54, 1.807) is 0 Å². The molecule has 2 aliphatic rings. The number of alkyl halides is 3. The molecule has 1 saturated heterocycles. The quantitative estimate of drug-likeness (QED) is 0.701. The lowest BCUT2D eigenvalue weighted by atomic mass is 10.3. The van der Waals surface area contributed by atoms with Crippen LogP contribution in [0.4, 0.5) is 13.2 Å². The van der Waals surface area contributed by atoms with Crippen LogP contribution in [-0.2, 0) is 0 Å². The van der Waals surface area contributed by atoms with Crippen LogP contribution in [0.2, 0.25) is 0 Å². The monoisotopic (exact) mass is 195 g/mol. The summed E-state index contributed by atoms with van der Waals surface area (Å²) < 4.78 is 35.8. The zero-order valence-corrected chi connectivity index (χ0v) is 7.09. The summed E-state index contributed by atoms with van der Waals surface area (Å²) in [5.41, 5.74) is 0. The SMILES string of the molecule is OCC1[C@H]2CN(CC(F)(F)F)C[C@@H]12. The molecule has 1 saturated carbocycles. The summed E-state index contributed by atoms with van der Waals surface area (Å²) in [6, 6.07) is 0. The molecule has 0 spiro atoms. The average molecular weight is 195 g/mol. The van der Waals surface area contributed by atoms with E-state index >= 15 is 0 Å². The Hall–Kier alpha value is -0.290. The minimum absolute atomic E-state index is 0.134. The highest BCUT2D eigenvalue weighted by atomic mass is 19.4. The number of rotatable bonds is 2. The third kappa shape index (κ3) is 1.81. The van der Waals surface area contributed by atoms with Crippen molar-refractivity contribution >= 4 is 0 Å². The van der Waals surface area contributed by atoms with Gasteiger partial charge >= 0.3 is 6.18 Å². The van der Waals surface area contributed by atoms with Crippen molar-refractivity contribution in [2.24, 2.45) is 17.8 Å². The van der Waals surface area contributed by atoms with Crippen LogP contribution in [0.1, 0.15) is 0 Å². The lowest BCUT2D eigenvalue weighted by Crippen LogP contribution is -2.34. The van der Waals surface area contributed by atoms with E-state index in [4.69, 9.17) is 5.11 Å². The summed E-state index contributed by atoms with van der Waals surface area (Å²) in [5, 5.41) is 8.79. The van der Waals surface area contributed by atoms with Crippen molar-refractivity contribution in [2.75, 3.05) is 26.2 Å². The predicted molar refractivity (Wildman–Crippen MR) is 40.1 cm³/mol. The van der Waals surface area contributed by atoms with Gasteiger partial charge in [-0.3, -0.25) is 4.90 Å². The fourth-order valence-corrected chi connectivity index (χ4v) is 2.39. The minimum Gasteiger partial charge on any atom is -0.396 e. The summed E-state index contributed by atoms with van der Waals surface area (Å²) in [6.45, 7) is 0.359. The molecule has 0 radical (unpaired) electrons. The first-order chi connectivity index (χ1) is 6.01. The van der Waals surface area contributed by atoms with Gasteiger partial charge in [-0.05, 0) is 17.8 Å². The van der Waals surface area contributed by atoms with E-state index in [-0.39, 0.29) is 12.5 Å². The first-order valence-electron chi connectivity index (χ1n) is 4.41. The van der Waals surface area contributed by atoms with Gasteiger partial charge in [0.15, 0.2) is 0 Å². The number of hydrogen-bond donors (Lipinski definition) is 1. The summed E-state index contributed by atoms with van der Waals surface area (Å²) in [7, 11) is 0. The minimum atomic E-state index is -4.08. The highest BCUT2D eigenvalue weighted by Crippen LogP contribution is 2.51. The predicted octanol–water partition coefficient (Wildman–Crippen LogP) is 0.719. The zero-order valence-electron chi connectivity index (χ0n) is 7.09. The molecule has 0 amide bonds. The van der Waals surface area contributed by atoms with Crippen molar-refractivity contribution in [1.29, 1.82) is 0 Å². The normalized spacial score (nSPS) is 39.2. The van der Waals surface area contributed by atoms with Gasteiger partial charge in [0.2, 0.25) is 0 Å². The summed E-state index contributed by atoms with van der Waals surface area (Å²) >= 11 is 0. The Morgan fingerprint density at radius 1 is 1.23 bits per heavy atom. The Balaban J connectivity index is 1.78. The van der Waals surface area contributed by atoms with Crippen LogP contribution < -0.4 is 0 Å². The zero-order chi connectivity index (χ0) is 9.64. The van der Waals surface area contributed by atoms with E-state index < -0.39 is 12.7 Å². The molecule has 1 unspecified atom stereocenters. The molecule has 5 heteroatoms. The molecule has 1 heterocycles. The van der Waals surface area contributed by atoms with Crippen molar-refractivity contribution in [2.45, 2.75) is 6.18 Å². The fraction of sp³-hybridized carbons (Fsp3) is 1.00. The van der Waals surface area contributed by atoms with E-state index in [2.05, 4.69) is 0 Å². The van der Waals surface area contributed by atoms with Gasteiger partial charge in [-0.1, -0.05) is 0 Å². The van der Waals surface area contributed by atoms with Gasteiger partial charge in [-0.15, -0.1) is 0 Å². The molecule has 1 aliphatic carbocycles. The van der Waals surface area contributed by atoms with Crippen molar-refractivity contribution in [3.8, 4) is 0 Å². The van der Waals surface area contributed by atoms with Gasteiger partial charge in [0.1, 0.15) is 0 Å². The van der Waals surface area contributed by atoms with Gasteiger partial charge in [0.05, 0.1) is 6.54 Å². The Labute approximate surface area is 74.3 Å². The number of aliphatic hydroxyl groups is 1. The molecular formula is C8H12F3NO. The van der Waals surface area contributed by atoms with E-state index in [1.165, 1.54) is 4.90 Å². The average Bonchev–Trinajstić information content (AvgIpc) is 2.44. The van der Waals surface area contributed by atoms with Crippen molar-refractivity contribution < 1.29 is 18.3 Å². The van der Waals surface area contributed by atoms with Crippen LogP contribution in [0.5, 0.6) is 0 Å². The lowest BCUT2D eigenvalue weighted by molar-refractivity contribution is -0.145. The van der Waals surface area contributed by atoms with Gasteiger partial charge in [0, 0.05) is 19.7 Å².